The van der Waals surface area contributed by atoms with Gasteiger partial charge in [-0.2, -0.15) is 0 Å². The quantitative estimate of drug-likeness (QED) is 0.841. The highest BCUT2D eigenvalue weighted by Crippen LogP contribution is 2.40. The zero-order valence-electron chi connectivity index (χ0n) is 13.5. The van der Waals surface area contributed by atoms with Crippen molar-refractivity contribution in [2.45, 2.75) is 65.3 Å². The van der Waals surface area contributed by atoms with Crippen LogP contribution in [0, 0.1) is 17.3 Å². The highest BCUT2D eigenvalue weighted by molar-refractivity contribution is 4.83. The molecular formula is C17H34N2. The summed E-state index contributed by atoms with van der Waals surface area (Å²) < 4.78 is 0. The van der Waals surface area contributed by atoms with Crippen LogP contribution in [0.3, 0.4) is 0 Å². The van der Waals surface area contributed by atoms with Gasteiger partial charge in [0.05, 0.1) is 0 Å². The van der Waals surface area contributed by atoms with Crippen LogP contribution in [0.4, 0.5) is 0 Å². The number of piperidine rings is 1. The highest BCUT2D eigenvalue weighted by atomic mass is 15.2. The van der Waals surface area contributed by atoms with Crippen molar-refractivity contribution in [3.05, 3.63) is 0 Å². The van der Waals surface area contributed by atoms with Gasteiger partial charge in [-0.3, -0.25) is 0 Å². The lowest BCUT2D eigenvalue weighted by atomic mass is 9.70. The minimum atomic E-state index is 0.518. The summed E-state index contributed by atoms with van der Waals surface area (Å²) in [5, 5.41) is 3.54. The molecule has 0 amide bonds. The van der Waals surface area contributed by atoms with Crippen molar-refractivity contribution < 1.29 is 0 Å². The van der Waals surface area contributed by atoms with Crippen molar-refractivity contribution in [2.24, 2.45) is 17.3 Å². The molecule has 2 fully saturated rings. The summed E-state index contributed by atoms with van der Waals surface area (Å²) in [7, 11) is 2.34. The highest BCUT2D eigenvalue weighted by Gasteiger charge is 2.30. The summed E-state index contributed by atoms with van der Waals surface area (Å²) >= 11 is 0. The fraction of sp³-hybridized carbons (Fsp3) is 1.00. The van der Waals surface area contributed by atoms with E-state index in [0.717, 1.165) is 17.9 Å². The Balaban J connectivity index is 1.73. The molecule has 0 aromatic carbocycles. The molecule has 1 atom stereocenters. The van der Waals surface area contributed by atoms with Gasteiger partial charge in [0.25, 0.3) is 0 Å². The molecule has 0 aromatic heterocycles. The molecule has 0 spiro atoms. The molecule has 0 radical (unpaired) electrons. The van der Waals surface area contributed by atoms with E-state index in [1.807, 2.05) is 0 Å². The SMILES string of the molecule is CN(CC1CCC(C(C)(C)C)CC1)C1CCCNC1. The van der Waals surface area contributed by atoms with Crippen LogP contribution in [0.25, 0.3) is 0 Å². The van der Waals surface area contributed by atoms with Crippen LogP contribution in [0.1, 0.15) is 59.3 Å². The van der Waals surface area contributed by atoms with E-state index in [4.69, 9.17) is 0 Å². The molecule has 2 aliphatic rings. The molecular weight excluding hydrogens is 232 g/mol. The Hall–Kier alpha value is -0.0800. The van der Waals surface area contributed by atoms with E-state index in [1.54, 1.807) is 0 Å². The van der Waals surface area contributed by atoms with Crippen LogP contribution < -0.4 is 5.32 Å². The van der Waals surface area contributed by atoms with Crippen LogP contribution in [0.15, 0.2) is 0 Å². The second-order valence-corrected chi connectivity index (χ2v) is 8.02. The zero-order valence-corrected chi connectivity index (χ0v) is 13.5. The lowest BCUT2D eigenvalue weighted by Crippen LogP contribution is -2.46. The summed E-state index contributed by atoms with van der Waals surface area (Å²) in [5.74, 6) is 1.90. The Kier molecular flexibility index (Phi) is 5.30. The van der Waals surface area contributed by atoms with Crippen molar-refractivity contribution in [2.75, 3.05) is 26.7 Å². The minimum absolute atomic E-state index is 0.518. The number of likely N-dealkylation sites (N-methyl/N-ethyl adjacent to an activating group) is 1. The van der Waals surface area contributed by atoms with Gasteiger partial charge in [-0.15, -0.1) is 0 Å². The molecule has 0 bridgehead atoms. The van der Waals surface area contributed by atoms with Gasteiger partial charge in [-0.1, -0.05) is 20.8 Å². The molecule has 1 saturated heterocycles. The molecule has 1 saturated carbocycles. The fourth-order valence-electron chi connectivity index (χ4n) is 3.98. The van der Waals surface area contributed by atoms with Crippen molar-refractivity contribution in [1.82, 2.24) is 10.2 Å². The molecule has 2 nitrogen and oxygen atoms in total. The van der Waals surface area contributed by atoms with E-state index >= 15 is 0 Å². The largest absolute Gasteiger partial charge is 0.315 e. The molecule has 1 unspecified atom stereocenters. The first-order valence-corrected chi connectivity index (χ1v) is 8.38. The summed E-state index contributed by atoms with van der Waals surface area (Å²) in [6, 6.07) is 0.786. The minimum Gasteiger partial charge on any atom is -0.315 e. The van der Waals surface area contributed by atoms with Crippen LogP contribution in [0.2, 0.25) is 0 Å². The van der Waals surface area contributed by atoms with Gasteiger partial charge in [-0.25, -0.2) is 0 Å². The zero-order chi connectivity index (χ0) is 13.9. The van der Waals surface area contributed by atoms with E-state index in [9.17, 15) is 0 Å². The first kappa shape index (κ1) is 15.3. The van der Waals surface area contributed by atoms with Gasteiger partial charge in [0.1, 0.15) is 0 Å². The third-order valence-electron chi connectivity index (χ3n) is 5.51. The standard InChI is InChI=1S/C17H34N2/c1-17(2,3)15-9-7-14(8-10-15)13-19(4)16-6-5-11-18-12-16/h14-16,18H,5-13H2,1-4H3. The Bertz CT molecular complexity index is 255. The Labute approximate surface area is 120 Å². The van der Waals surface area contributed by atoms with E-state index in [2.05, 4.69) is 38.0 Å². The molecule has 1 N–H and O–H groups in total. The Morgan fingerprint density at radius 3 is 2.26 bits per heavy atom. The first-order valence-electron chi connectivity index (χ1n) is 8.38. The van der Waals surface area contributed by atoms with E-state index < -0.39 is 0 Å². The smallest absolute Gasteiger partial charge is 0.0218 e. The van der Waals surface area contributed by atoms with Crippen molar-refractivity contribution in [3.8, 4) is 0 Å². The molecule has 1 aliphatic heterocycles. The maximum Gasteiger partial charge on any atom is 0.0218 e. The molecule has 19 heavy (non-hydrogen) atoms. The summed E-state index contributed by atoms with van der Waals surface area (Å²) in [6.45, 7) is 11.0. The summed E-state index contributed by atoms with van der Waals surface area (Å²) in [5.41, 5.74) is 0.518. The number of nitrogens with zero attached hydrogens (tertiary/aromatic N) is 1. The van der Waals surface area contributed by atoms with Crippen molar-refractivity contribution >= 4 is 0 Å². The van der Waals surface area contributed by atoms with Gasteiger partial charge in [-0.05, 0) is 69.4 Å². The van der Waals surface area contributed by atoms with Crippen molar-refractivity contribution in [3.63, 3.8) is 0 Å². The third kappa shape index (κ3) is 4.46. The topological polar surface area (TPSA) is 15.3 Å². The first-order chi connectivity index (χ1) is 8.97. The second-order valence-electron chi connectivity index (χ2n) is 8.02. The normalized spacial score (nSPS) is 33.6. The average molecular weight is 266 g/mol. The predicted molar refractivity (Wildman–Crippen MR) is 83.4 cm³/mol. The fourth-order valence-corrected chi connectivity index (χ4v) is 3.98. The van der Waals surface area contributed by atoms with Gasteiger partial charge in [0, 0.05) is 19.1 Å². The maximum absolute atomic E-state index is 3.54. The number of nitrogens with one attached hydrogen (secondary N) is 1. The van der Waals surface area contributed by atoms with E-state index in [1.165, 1.54) is 58.2 Å². The number of hydrogen-bond donors (Lipinski definition) is 1. The Morgan fingerprint density at radius 1 is 1.05 bits per heavy atom. The Morgan fingerprint density at radius 2 is 1.74 bits per heavy atom. The summed E-state index contributed by atoms with van der Waals surface area (Å²) in [6.07, 6.45) is 8.54. The van der Waals surface area contributed by atoms with Crippen LogP contribution >= 0.6 is 0 Å². The van der Waals surface area contributed by atoms with Gasteiger partial charge >= 0.3 is 0 Å². The van der Waals surface area contributed by atoms with Crippen LogP contribution in [0.5, 0.6) is 0 Å². The molecule has 112 valence electrons. The average Bonchev–Trinajstić information content (AvgIpc) is 2.39. The lowest BCUT2D eigenvalue weighted by molar-refractivity contribution is 0.112. The summed E-state index contributed by atoms with van der Waals surface area (Å²) in [4.78, 5) is 2.63. The lowest BCUT2D eigenvalue weighted by Gasteiger charge is -2.39. The maximum atomic E-state index is 3.54. The number of hydrogen-bond acceptors (Lipinski definition) is 2. The van der Waals surface area contributed by atoms with Gasteiger partial charge in [0.2, 0.25) is 0 Å². The molecule has 0 aromatic rings. The predicted octanol–water partition coefficient (Wildman–Crippen LogP) is 3.52. The molecule has 2 heteroatoms. The monoisotopic (exact) mass is 266 g/mol. The third-order valence-corrected chi connectivity index (χ3v) is 5.51. The van der Waals surface area contributed by atoms with Gasteiger partial charge in [0.15, 0.2) is 0 Å². The van der Waals surface area contributed by atoms with E-state index in [0.29, 0.717) is 5.41 Å². The van der Waals surface area contributed by atoms with E-state index in [-0.39, 0.29) is 0 Å². The second kappa shape index (κ2) is 6.58. The molecule has 2 rings (SSSR count). The van der Waals surface area contributed by atoms with Crippen molar-refractivity contribution in [1.29, 1.82) is 0 Å². The van der Waals surface area contributed by atoms with Gasteiger partial charge < -0.3 is 10.2 Å². The van der Waals surface area contributed by atoms with Crippen LogP contribution in [-0.4, -0.2) is 37.6 Å². The molecule has 1 aliphatic carbocycles. The number of rotatable bonds is 3. The van der Waals surface area contributed by atoms with Crippen LogP contribution in [-0.2, 0) is 0 Å². The molecule has 1 heterocycles.